The average molecular weight is 95.1 g/mol. The summed E-state index contributed by atoms with van der Waals surface area (Å²) in [5.74, 6) is 0. The van der Waals surface area contributed by atoms with E-state index < -0.39 is 0 Å². The van der Waals surface area contributed by atoms with Crippen LogP contribution in [0.1, 0.15) is 6.92 Å². The fraction of sp³-hybridized carbons (Fsp3) is 0.167. The minimum Gasteiger partial charge on any atom is -0.265 e. The molecule has 0 fully saturated rings. The monoisotopic (exact) mass is 95.1 g/mol. The summed E-state index contributed by atoms with van der Waals surface area (Å²) in [7, 11) is 0. The smallest absolute Gasteiger partial charge is 0.0547 e. The van der Waals surface area contributed by atoms with Crippen LogP contribution in [-0.4, -0.2) is 6.72 Å². The minimum atomic E-state index is 0.711. The predicted octanol–water partition coefficient (Wildman–Crippen LogP) is 1.78. The van der Waals surface area contributed by atoms with Crippen molar-refractivity contribution in [3.63, 3.8) is 0 Å². The van der Waals surface area contributed by atoms with Crippen molar-refractivity contribution in [1.29, 1.82) is 0 Å². The van der Waals surface area contributed by atoms with E-state index in [1.807, 2.05) is 13.0 Å². The molecule has 0 N–H and O–H groups in total. The van der Waals surface area contributed by atoms with Gasteiger partial charge in [-0.3, -0.25) is 4.99 Å². The zero-order valence-electron chi connectivity index (χ0n) is 4.52. The predicted molar refractivity (Wildman–Crippen MR) is 33.5 cm³/mol. The highest BCUT2D eigenvalue weighted by molar-refractivity contribution is 5.31. The van der Waals surface area contributed by atoms with Gasteiger partial charge in [0.1, 0.15) is 0 Å². The highest BCUT2D eigenvalue weighted by Gasteiger charge is 1.70. The third kappa shape index (κ3) is 2.97. The fourth-order valence-electron chi connectivity index (χ4n) is 0.245. The van der Waals surface area contributed by atoms with E-state index in [4.69, 9.17) is 0 Å². The van der Waals surface area contributed by atoms with Crippen LogP contribution >= 0.6 is 0 Å². The molecule has 0 aromatic rings. The summed E-state index contributed by atoms with van der Waals surface area (Å²) in [6.07, 6.45) is 3.67. The van der Waals surface area contributed by atoms with Crippen LogP contribution in [0.4, 0.5) is 0 Å². The quantitative estimate of drug-likeness (QED) is 0.366. The van der Waals surface area contributed by atoms with Crippen molar-refractivity contribution < 1.29 is 0 Å². The average Bonchev–Trinajstić information content (AvgIpc) is 1.68. The van der Waals surface area contributed by atoms with Crippen LogP contribution in [0, 0.1) is 0 Å². The Morgan fingerprint density at radius 1 is 1.71 bits per heavy atom. The maximum atomic E-state index is 3.55. The van der Waals surface area contributed by atoms with Gasteiger partial charge < -0.3 is 0 Å². The maximum Gasteiger partial charge on any atom is 0.0547 e. The van der Waals surface area contributed by atoms with Crippen LogP contribution in [-0.2, 0) is 0 Å². The molecule has 0 aromatic carbocycles. The second kappa shape index (κ2) is 3.34. The second-order valence-electron chi connectivity index (χ2n) is 1.15. The summed E-state index contributed by atoms with van der Waals surface area (Å²) in [6, 6.07) is 0. The number of hydrogen-bond acceptors (Lipinski definition) is 1. The zero-order valence-corrected chi connectivity index (χ0v) is 4.52. The lowest BCUT2D eigenvalue weighted by molar-refractivity contribution is 1.45. The Balaban J connectivity index is 3.58. The Kier molecular flexibility index (Phi) is 2.94. The van der Waals surface area contributed by atoms with Crippen molar-refractivity contribution in [2.45, 2.75) is 6.92 Å². The molecule has 0 aliphatic heterocycles. The molecule has 0 unspecified atom stereocenters. The molecular formula is C6H9N. The van der Waals surface area contributed by atoms with Gasteiger partial charge in [0.2, 0.25) is 0 Å². The van der Waals surface area contributed by atoms with Crippen LogP contribution in [0.15, 0.2) is 29.4 Å². The van der Waals surface area contributed by atoms with Crippen LogP contribution < -0.4 is 0 Å². The molecule has 0 saturated carbocycles. The lowest BCUT2D eigenvalue weighted by atomic mass is 10.4. The lowest BCUT2D eigenvalue weighted by Gasteiger charge is -1.79. The summed E-state index contributed by atoms with van der Waals surface area (Å²) in [4.78, 5) is 3.55. The third-order valence-electron chi connectivity index (χ3n) is 0.562. The van der Waals surface area contributed by atoms with Crippen molar-refractivity contribution in [3.05, 3.63) is 24.4 Å². The second-order valence-corrected chi connectivity index (χ2v) is 1.15. The molecule has 1 heteroatoms. The van der Waals surface area contributed by atoms with E-state index >= 15 is 0 Å². The molecule has 0 amide bonds. The van der Waals surface area contributed by atoms with Crippen molar-refractivity contribution in [2.75, 3.05) is 0 Å². The summed E-state index contributed by atoms with van der Waals surface area (Å²) in [5, 5.41) is 0. The van der Waals surface area contributed by atoms with Gasteiger partial charge in [0.05, 0.1) is 5.70 Å². The molecule has 0 spiro atoms. The summed E-state index contributed by atoms with van der Waals surface area (Å²) in [5.41, 5.74) is 0.711. The molecule has 38 valence electrons. The summed E-state index contributed by atoms with van der Waals surface area (Å²) >= 11 is 0. The first-order valence-corrected chi connectivity index (χ1v) is 2.09. The van der Waals surface area contributed by atoms with E-state index in [1.165, 1.54) is 0 Å². The van der Waals surface area contributed by atoms with Crippen LogP contribution in [0.3, 0.4) is 0 Å². The topological polar surface area (TPSA) is 12.4 Å². The van der Waals surface area contributed by atoms with Gasteiger partial charge >= 0.3 is 0 Å². The summed E-state index contributed by atoms with van der Waals surface area (Å²) < 4.78 is 0. The number of nitrogens with zero attached hydrogens (tertiary/aromatic N) is 1. The van der Waals surface area contributed by atoms with Crippen molar-refractivity contribution >= 4 is 6.72 Å². The highest BCUT2D eigenvalue weighted by Crippen LogP contribution is 1.89. The highest BCUT2D eigenvalue weighted by atomic mass is 14.7. The molecule has 0 radical (unpaired) electrons. The Bertz CT molecular complexity index is 101. The molecule has 0 saturated heterocycles. The number of aliphatic imine (C=N–C) groups is 1. The van der Waals surface area contributed by atoms with E-state index in [1.54, 1.807) is 6.08 Å². The van der Waals surface area contributed by atoms with E-state index in [-0.39, 0.29) is 0 Å². The number of rotatable bonds is 2. The molecule has 0 heterocycles. The first-order chi connectivity index (χ1) is 3.31. The number of allylic oxidation sites excluding steroid dienone is 2. The molecule has 0 bridgehead atoms. The summed E-state index contributed by atoms with van der Waals surface area (Å²) in [6.45, 7) is 8.74. The van der Waals surface area contributed by atoms with Gasteiger partial charge in [-0.25, -0.2) is 0 Å². The van der Waals surface area contributed by atoms with Crippen LogP contribution in [0.2, 0.25) is 0 Å². The molecule has 0 aromatic heterocycles. The first kappa shape index (κ1) is 6.15. The molecule has 0 aliphatic carbocycles. The van der Waals surface area contributed by atoms with E-state index in [0.717, 1.165) is 0 Å². The lowest BCUT2D eigenvalue weighted by Crippen LogP contribution is -1.60. The molecule has 0 atom stereocenters. The Labute approximate surface area is 44.1 Å². The van der Waals surface area contributed by atoms with Gasteiger partial charge in [-0.1, -0.05) is 12.7 Å². The third-order valence-corrected chi connectivity index (χ3v) is 0.562. The fourth-order valence-corrected chi connectivity index (χ4v) is 0.245. The van der Waals surface area contributed by atoms with Crippen LogP contribution in [0.5, 0.6) is 0 Å². The van der Waals surface area contributed by atoms with Gasteiger partial charge in [-0.05, 0) is 19.7 Å². The molecule has 0 rings (SSSR count). The van der Waals surface area contributed by atoms with Crippen molar-refractivity contribution in [2.24, 2.45) is 4.99 Å². The van der Waals surface area contributed by atoms with Gasteiger partial charge in [-0.2, -0.15) is 0 Å². The molecular weight excluding hydrogens is 86.1 g/mol. The van der Waals surface area contributed by atoms with Gasteiger partial charge in [-0.15, -0.1) is 0 Å². The molecule has 1 nitrogen and oxygen atoms in total. The Hall–Kier alpha value is -0.850. The first-order valence-electron chi connectivity index (χ1n) is 2.09. The van der Waals surface area contributed by atoms with Gasteiger partial charge in [0.15, 0.2) is 0 Å². The molecule has 0 aliphatic rings. The van der Waals surface area contributed by atoms with Crippen molar-refractivity contribution in [1.82, 2.24) is 0 Å². The zero-order chi connectivity index (χ0) is 5.70. The van der Waals surface area contributed by atoms with E-state index in [2.05, 4.69) is 18.3 Å². The largest absolute Gasteiger partial charge is 0.265 e. The molecule has 7 heavy (non-hydrogen) atoms. The minimum absolute atomic E-state index is 0.711. The SMILES string of the molecule is C=NC(=C)/C=C\C. The maximum absolute atomic E-state index is 3.55. The Morgan fingerprint density at radius 3 is 2.43 bits per heavy atom. The van der Waals surface area contributed by atoms with Crippen LogP contribution in [0.25, 0.3) is 0 Å². The van der Waals surface area contributed by atoms with Crippen molar-refractivity contribution in [3.8, 4) is 0 Å². The number of hydrogen-bond donors (Lipinski definition) is 0. The van der Waals surface area contributed by atoms with Gasteiger partial charge in [0.25, 0.3) is 0 Å². The van der Waals surface area contributed by atoms with E-state index in [9.17, 15) is 0 Å². The van der Waals surface area contributed by atoms with E-state index in [0.29, 0.717) is 5.70 Å². The standard InChI is InChI=1S/C6H9N/c1-4-5-6(2)7-3/h4-5H,2-3H2,1H3/b5-4-. The van der Waals surface area contributed by atoms with Gasteiger partial charge in [0, 0.05) is 0 Å². The Morgan fingerprint density at radius 2 is 2.29 bits per heavy atom. The normalized spacial score (nSPS) is 9.29.